The third-order valence-electron chi connectivity index (χ3n) is 3.35. The summed E-state index contributed by atoms with van der Waals surface area (Å²) in [5.41, 5.74) is -0.445. The molecule has 0 aromatic carbocycles. The van der Waals surface area contributed by atoms with Crippen LogP contribution in [0.3, 0.4) is 0 Å². The van der Waals surface area contributed by atoms with Gasteiger partial charge in [-0.1, -0.05) is 48.5 Å². The molecule has 20 heavy (non-hydrogen) atoms. The third kappa shape index (κ3) is 5.85. The summed E-state index contributed by atoms with van der Waals surface area (Å²) in [5, 5.41) is 2.75. The van der Waals surface area contributed by atoms with Gasteiger partial charge in [-0.2, -0.15) is 0 Å². The summed E-state index contributed by atoms with van der Waals surface area (Å²) in [4.78, 5) is 35.9. The summed E-state index contributed by atoms with van der Waals surface area (Å²) in [5.74, 6) is -0.411. The van der Waals surface area contributed by atoms with Gasteiger partial charge in [0.2, 0.25) is 5.91 Å². The van der Waals surface area contributed by atoms with Crippen LogP contribution in [0, 0.1) is 17.3 Å². The Labute approximate surface area is 122 Å². The fourth-order valence-corrected chi connectivity index (χ4v) is 2.16. The number of Topliss-reactive ketones (excluding diaryl/α,β-unsaturated/α-hetero) is 2. The molecule has 0 bridgehead atoms. The normalized spacial score (nSPS) is 14.8. The molecule has 0 saturated carbocycles. The van der Waals surface area contributed by atoms with Gasteiger partial charge in [-0.25, -0.2) is 0 Å². The van der Waals surface area contributed by atoms with Gasteiger partial charge >= 0.3 is 0 Å². The molecule has 1 amide bonds. The van der Waals surface area contributed by atoms with Crippen LogP contribution in [0.5, 0.6) is 0 Å². The highest BCUT2D eigenvalue weighted by molar-refractivity contribution is 5.94. The molecule has 0 aliphatic heterocycles. The summed E-state index contributed by atoms with van der Waals surface area (Å²) in [6.07, 6.45) is 0.538. The highest BCUT2D eigenvalue weighted by atomic mass is 16.2. The monoisotopic (exact) mass is 283 g/mol. The Bertz CT molecular complexity index is 366. The maximum Gasteiger partial charge on any atom is 0.220 e. The van der Waals surface area contributed by atoms with Crippen LogP contribution in [0.1, 0.15) is 61.3 Å². The quantitative estimate of drug-likeness (QED) is 0.781. The van der Waals surface area contributed by atoms with Crippen LogP contribution in [0.15, 0.2) is 0 Å². The number of hydrogen-bond donors (Lipinski definition) is 1. The van der Waals surface area contributed by atoms with Crippen molar-refractivity contribution in [3.63, 3.8) is 0 Å². The maximum absolute atomic E-state index is 12.3. The number of nitrogens with one attached hydrogen (secondary N) is 1. The molecule has 4 heteroatoms. The van der Waals surface area contributed by atoms with Crippen LogP contribution in [0.2, 0.25) is 0 Å². The first-order valence-corrected chi connectivity index (χ1v) is 7.37. The van der Waals surface area contributed by atoms with Crippen molar-refractivity contribution >= 4 is 17.5 Å². The van der Waals surface area contributed by atoms with Crippen LogP contribution in [0.25, 0.3) is 0 Å². The van der Waals surface area contributed by atoms with Crippen molar-refractivity contribution in [2.75, 3.05) is 0 Å². The largest absolute Gasteiger partial charge is 0.346 e. The van der Waals surface area contributed by atoms with Crippen LogP contribution in [0.4, 0.5) is 0 Å². The zero-order valence-electron chi connectivity index (χ0n) is 13.9. The van der Waals surface area contributed by atoms with Crippen molar-refractivity contribution in [1.82, 2.24) is 5.32 Å². The predicted octanol–water partition coefficient (Wildman–Crippen LogP) is 2.75. The minimum Gasteiger partial charge on any atom is -0.346 e. The lowest BCUT2D eigenvalue weighted by Crippen LogP contribution is -2.45. The molecular formula is C16H29NO3. The van der Waals surface area contributed by atoms with Gasteiger partial charge < -0.3 is 5.32 Å². The van der Waals surface area contributed by atoms with E-state index in [9.17, 15) is 14.4 Å². The molecule has 0 radical (unpaired) electrons. The van der Waals surface area contributed by atoms with Gasteiger partial charge in [0.15, 0.2) is 5.78 Å². The van der Waals surface area contributed by atoms with Gasteiger partial charge in [-0.3, -0.25) is 14.4 Å². The smallest absolute Gasteiger partial charge is 0.220 e. The van der Waals surface area contributed by atoms with E-state index in [1.54, 1.807) is 13.8 Å². The fourth-order valence-electron chi connectivity index (χ4n) is 2.16. The average Bonchev–Trinajstić information content (AvgIpc) is 2.32. The first-order chi connectivity index (χ1) is 9.00. The highest BCUT2D eigenvalue weighted by Gasteiger charge is 2.31. The van der Waals surface area contributed by atoms with Crippen molar-refractivity contribution in [2.45, 2.75) is 67.3 Å². The molecule has 0 aromatic rings. The molecule has 0 spiro atoms. The van der Waals surface area contributed by atoms with E-state index in [-0.39, 0.29) is 35.7 Å². The summed E-state index contributed by atoms with van der Waals surface area (Å²) < 4.78 is 0. The van der Waals surface area contributed by atoms with Crippen molar-refractivity contribution in [2.24, 2.45) is 17.3 Å². The Morgan fingerprint density at radius 2 is 1.55 bits per heavy atom. The topological polar surface area (TPSA) is 63.2 Å². The van der Waals surface area contributed by atoms with Gasteiger partial charge in [0.05, 0.1) is 6.04 Å². The van der Waals surface area contributed by atoms with Gasteiger partial charge in [-0.05, 0) is 5.92 Å². The van der Waals surface area contributed by atoms with Crippen molar-refractivity contribution in [3.05, 3.63) is 0 Å². The molecule has 0 heterocycles. The van der Waals surface area contributed by atoms with Gasteiger partial charge in [0, 0.05) is 24.2 Å². The zero-order chi connectivity index (χ0) is 16.1. The zero-order valence-corrected chi connectivity index (χ0v) is 13.9. The fraction of sp³-hybridized carbons (Fsp3) is 0.812. The predicted molar refractivity (Wildman–Crippen MR) is 80.3 cm³/mol. The summed E-state index contributed by atoms with van der Waals surface area (Å²) in [6, 6.07) is -0.502. The molecule has 0 rings (SSSR count). The molecule has 0 saturated heterocycles. The van der Waals surface area contributed by atoms with E-state index in [1.807, 2.05) is 34.6 Å². The molecule has 1 N–H and O–H groups in total. The van der Waals surface area contributed by atoms with Crippen molar-refractivity contribution < 1.29 is 14.4 Å². The van der Waals surface area contributed by atoms with Crippen LogP contribution in [-0.2, 0) is 14.4 Å². The van der Waals surface area contributed by atoms with Gasteiger partial charge in [0.25, 0.3) is 0 Å². The van der Waals surface area contributed by atoms with Gasteiger partial charge in [0.1, 0.15) is 5.78 Å². The Morgan fingerprint density at radius 1 is 1.05 bits per heavy atom. The minimum atomic E-state index is -0.502. The van der Waals surface area contributed by atoms with E-state index in [1.165, 1.54) is 0 Å². The first kappa shape index (κ1) is 18.8. The second-order valence-corrected chi connectivity index (χ2v) is 6.83. The third-order valence-corrected chi connectivity index (χ3v) is 3.35. The highest BCUT2D eigenvalue weighted by Crippen LogP contribution is 2.23. The second kappa shape index (κ2) is 7.55. The number of rotatable bonds is 7. The Morgan fingerprint density at radius 3 is 1.90 bits per heavy atom. The Balaban J connectivity index is 4.77. The minimum absolute atomic E-state index is 0.0231. The Hall–Kier alpha value is -1.19. The van der Waals surface area contributed by atoms with Crippen molar-refractivity contribution in [3.8, 4) is 0 Å². The maximum atomic E-state index is 12.3. The van der Waals surface area contributed by atoms with Gasteiger partial charge in [-0.15, -0.1) is 0 Å². The SMILES string of the molecule is CCC(=O)NC(C(=O)C[C@@H](C)C(=O)C(C)(C)C)C(C)C. The van der Waals surface area contributed by atoms with E-state index in [4.69, 9.17) is 0 Å². The van der Waals surface area contributed by atoms with Crippen molar-refractivity contribution in [1.29, 1.82) is 0 Å². The average molecular weight is 283 g/mol. The first-order valence-electron chi connectivity index (χ1n) is 7.37. The van der Waals surface area contributed by atoms with E-state index < -0.39 is 11.5 Å². The molecule has 0 aliphatic rings. The molecule has 4 nitrogen and oxygen atoms in total. The molecule has 2 atom stereocenters. The number of amides is 1. The number of carbonyl (C=O) groups is 3. The van der Waals surface area contributed by atoms with Crippen LogP contribution >= 0.6 is 0 Å². The standard InChI is InChI=1S/C16H29NO3/c1-8-13(19)17-14(10(2)3)12(18)9-11(4)15(20)16(5,6)7/h10-11,14H,8-9H2,1-7H3,(H,17,19)/t11-,14?/m1/s1. The summed E-state index contributed by atoms with van der Waals surface area (Å²) >= 11 is 0. The van der Waals surface area contributed by atoms with Crippen LogP contribution < -0.4 is 5.32 Å². The summed E-state index contributed by atoms with van der Waals surface area (Å²) in [6.45, 7) is 12.9. The lowest BCUT2D eigenvalue weighted by molar-refractivity contribution is -0.134. The molecule has 1 unspecified atom stereocenters. The van der Waals surface area contributed by atoms with E-state index >= 15 is 0 Å². The summed E-state index contributed by atoms with van der Waals surface area (Å²) in [7, 11) is 0. The number of hydrogen-bond acceptors (Lipinski definition) is 3. The van der Waals surface area contributed by atoms with E-state index in [0.717, 1.165) is 0 Å². The molecule has 0 aliphatic carbocycles. The number of ketones is 2. The van der Waals surface area contributed by atoms with E-state index in [2.05, 4.69) is 5.32 Å². The van der Waals surface area contributed by atoms with E-state index in [0.29, 0.717) is 6.42 Å². The van der Waals surface area contributed by atoms with Crippen LogP contribution in [-0.4, -0.2) is 23.5 Å². The molecule has 116 valence electrons. The lowest BCUT2D eigenvalue weighted by atomic mass is 9.80. The molecule has 0 fully saturated rings. The molecular weight excluding hydrogens is 254 g/mol. The second-order valence-electron chi connectivity index (χ2n) is 6.83. The Kier molecular flexibility index (Phi) is 7.11. The number of carbonyl (C=O) groups excluding carboxylic acids is 3. The lowest BCUT2D eigenvalue weighted by Gasteiger charge is -2.25. The molecule has 0 aromatic heterocycles.